The highest BCUT2D eigenvalue weighted by Gasteiger charge is 2.31. The van der Waals surface area contributed by atoms with Crippen molar-refractivity contribution in [3.05, 3.63) is 29.0 Å². The highest BCUT2D eigenvalue weighted by atomic mass is 35.5. The molecule has 0 spiro atoms. The van der Waals surface area contributed by atoms with Crippen molar-refractivity contribution in [3.63, 3.8) is 0 Å². The van der Waals surface area contributed by atoms with Gasteiger partial charge in [-0.2, -0.15) is 0 Å². The topological polar surface area (TPSA) is 94.3 Å². The Morgan fingerprint density at radius 2 is 2.22 bits per heavy atom. The van der Waals surface area contributed by atoms with Crippen molar-refractivity contribution in [2.45, 2.75) is 26.0 Å². The first-order valence-electron chi connectivity index (χ1n) is 5.19. The smallest absolute Gasteiger partial charge is 0.405 e. The molecule has 3 N–H and O–H groups in total. The van der Waals surface area contributed by atoms with Gasteiger partial charge < -0.3 is 15.8 Å². The van der Waals surface area contributed by atoms with E-state index in [4.69, 9.17) is 22.1 Å². The molecular weight excluding hydrogens is 258 g/mol. The van der Waals surface area contributed by atoms with E-state index in [1.807, 2.05) is 0 Å². The van der Waals surface area contributed by atoms with Crippen LogP contribution in [-0.4, -0.2) is 22.6 Å². The molecule has 0 aliphatic heterocycles. The largest absolute Gasteiger partial charge is 0.434 e. The maximum atomic E-state index is 11.8. The van der Waals surface area contributed by atoms with Crippen LogP contribution in [0, 0.1) is 0 Å². The molecule has 0 fully saturated rings. The van der Waals surface area contributed by atoms with Crippen LogP contribution >= 0.6 is 11.6 Å². The summed E-state index contributed by atoms with van der Waals surface area (Å²) in [6.45, 7) is 3.02. The number of primary amides is 1. The van der Waals surface area contributed by atoms with Crippen molar-refractivity contribution in [1.29, 1.82) is 0 Å². The normalized spacial score (nSPS) is 10.8. The summed E-state index contributed by atoms with van der Waals surface area (Å²) < 4.78 is 4.69. The Labute approximate surface area is 109 Å². The second-order valence-corrected chi connectivity index (χ2v) is 4.45. The molecule has 0 aliphatic carbocycles. The van der Waals surface area contributed by atoms with Crippen molar-refractivity contribution in [2.24, 2.45) is 5.73 Å². The van der Waals surface area contributed by atoms with Gasteiger partial charge in [-0.15, -0.1) is 0 Å². The molecule has 0 radical (unpaired) electrons. The predicted octanol–water partition coefficient (Wildman–Crippen LogP) is 1.23. The average molecular weight is 272 g/mol. The zero-order chi connectivity index (χ0) is 13.8. The number of nitrogens with two attached hydrogens (primary N) is 1. The van der Waals surface area contributed by atoms with Gasteiger partial charge in [0.25, 0.3) is 5.91 Å². The van der Waals surface area contributed by atoms with Crippen molar-refractivity contribution < 1.29 is 14.3 Å². The first-order chi connectivity index (χ1) is 8.33. The van der Waals surface area contributed by atoms with Crippen LogP contribution in [0.2, 0.25) is 5.02 Å². The van der Waals surface area contributed by atoms with Crippen molar-refractivity contribution in [2.75, 3.05) is 0 Å². The Morgan fingerprint density at radius 3 is 2.78 bits per heavy atom. The number of nitrogens with zero attached hydrogens (tertiary/aromatic N) is 1. The monoisotopic (exact) mass is 271 g/mol. The number of nitrogens with one attached hydrogen (secondary N) is 1. The van der Waals surface area contributed by atoms with Gasteiger partial charge in [-0.1, -0.05) is 11.6 Å². The third-order valence-corrected chi connectivity index (χ3v) is 2.50. The van der Waals surface area contributed by atoms with E-state index < -0.39 is 17.6 Å². The zero-order valence-electron chi connectivity index (χ0n) is 10.1. The minimum atomic E-state index is -1.34. The summed E-state index contributed by atoms with van der Waals surface area (Å²) in [5.74, 6) is -0.483. The van der Waals surface area contributed by atoms with Gasteiger partial charge in [0.05, 0.1) is 17.3 Å². The first-order valence-corrected chi connectivity index (χ1v) is 5.57. The molecule has 0 saturated carbocycles. The molecule has 0 atom stereocenters. The minimum absolute atomic E-state index is 0.143. The first kappa shape index (κ1) is 14.2. The third-order valence-electron chi connectivity index (χ3n) is 2.15. The predicted molar refractivity (Wildman–Crippen MR) is 65.8 cm³/mol. The number of amides is 2. The molecule has 98 valence electrons. The van der Waals surface area contributed by atoms with Crippen LogP contribution in [0.4, 0.5) is 4.79 Å². The maximum absolute atomic E-state index is 11.8. The number of carbonyl (C=O) groups excluding carboxylic acids is 2. The molecule has 6 nitrogen and oxygen atoms in total. The van der Waals surface area contributed by atoms with Gasteiger partial charge in [0.1, 0.15) is 0 Å². The number of ether oxygens (including phenoxy) is 1. The van der Waals surface area contributed by atoms with E-state index in [1.54, 1.807) is 18.3 Å². The Balaban J connectivity index is 2.61. The molecule has 0 aliphatic rings. The summed E-state index contributed by atoms with van der Waals surface area (Å²) in [6.07, 6.45) is 0.560. The van der Waals surface area contributed by atoms with Crippen LogP contribution in [-0.2, 0) is 16.1 Å². The van der Waals surface area contributed by atoms with E-state index in [2.05, 4.69) is 10.3 Å². The fourth-order valence-electron chi connectivity index (χ4n) is 1.22. The molecule has 1 aromatic rings. The molecular formula is C11H14ClN3O3. The van der Waals surface area contributed by atoms with Crippen LogP contribution in [0.1, 0.15) is 19.5 Å². The average Bonchev–Trinajstić information content (AvgIpc) is 2.25. The molecule has 0 unspecified atom stereocenters. The van der Waals surface area contributed by atoms with E-state index in [9.17, 15) is 9.59 Å². The molecule has 0 bridgehead atoms. The van der Waals surface area contributed by atoms with Gasteiger partial charge in [0.2, 0.25) is 0 Å². The lowest BCUT2D eigenvalue weighted by molar-refractivity contribution is -0.136. The SMILES string of the molecule is CC(C)(OC(N)=O)C(=O)NCc1ncccc1Cl. The Kier molecular flexibility index (Phi) is 4.49. The summed E-state index contributed by atoms with van der Waals surface area (Å²) in [4.78, 5) is 26.4. The molecule has 2 amide bonds. The standard InChI is InChI=1S/C11H14ClN3O3/c1-11(2,18-10(13)17)9(16)15-6-8-7(12)4-3-5-14-8/h3-5H,6H2,1-2H3,(H2,13,17)(H,15,16). The molecule has 7 heteroatoms. The zero-order valence-corrected chi connectivity index (χ0v) is 10.8. The second kappa shape index (κ2) is 5.68. The molecule has 1 heterocycles. The van der Waals surface area contributed by atoms with Crippen molar-refractivity contribution in [1.82, 2.24) is 10.3 Å². The fraction of sp³-hybridized carbons (Fsp3) is 0.364. The van der Waals surface area contributed by atoms with Gasteiger partial charge in [-0.25, -0.2) is 4.79 Å². The fourth-order valence-corrected chi connectivity index (χ4v) is 1.41. The Morgan fingerprint density at radius 1 is 1.56 bits per heavy atom. The third kappa shape index (κ3) is 3.89. The number of aromatic nitrogens is 1. The number of halogens is 1. The van der Waals surface area contributed by atoms with Crippen LogP contribution in [0.5, 0.6) is 0 Å². The van der Waals surface area contributed by atoms with E-state index in [0.29, 0.717) is 10.7 Å². The second-order valence-electron chi connectivity index (χ2n) is 4.05. The summed E-state index contributed by atoms with van der Waals surface area (Å²) >= 11 is 5.89. The van der Waals surface area contributed by atoms with Crippen LogP contribution in [0.3, 0.4) is 0 Å². The van der Waals surface area contributed by atoms with Crippen molar-refractivity contribution >= 4 is 23.6 Å². The van der Waals surface area contributed by atoms with Crippen LogP contribution < -0.4 is 11.1 Å². The van der Waals surface area contributed by atoms with Gasteiger partial charge >= 0.3 is 6.09 Å². The quantitative estimate of drug-likeness (QED) is 0.861. The molecule has 1 aromatic heterocycles. The Hall–Kier alpha value is -1.82. The van der Waals surface area contributed by atoms with Gasteiger partial charge in [0.15, 0.2) is 5.60 Å². The van der Waals surface area contributed by atoms with Gasteiger partial charge in [-0.05, 0) is 26.0 Å². The van der Waals surface area contributed by atoms with Crippen LogP contribution in [0.25, 0.3) is 0 Å². The number of hydrogen-bond donors (Lipinski definition) is 2. The maximum Gasteiger partial charge on any atom is 0.405 e. The lowest BCUT2D eigenvalue weighted by Crippen LogP contribution is -2.46. The summed E-state index contributed by atoms with van der Waals surface area (Å²) in [5.41, 5.74) is 4.06. The van der Waals surface area contributed by atoms with E-state index in [-0.39, 0.29) is 6.54 Å². The summed E-state index contributed by atoms with van der Waals surface area (Å²) in [7, 11) is 0. The lowest BCUT2D eigenvalue weighted by Gasteiger charge is -2.22. The molecule has 18 heavy (non-hydrogen) atoms. The lowest BCUT2D eigenvalue weighted by atomic mass is 10.1. The van der Waals surface area contributed by atoms with Crippen molar-refractivity contribution in [3.8, 4) is 0 Å². The highest BCUT2D eigenvalue weighted by molar-refractivity contribution is 6.31. The number of rotatable bonds is 4. The van der Waals surface area contributed by atoms with E-state index in [0.717, 1.165) is 0 Å². The number of hydrogen-bond acceptors (Lipinski definition) is 4. The van der Waals surface area contributed by atoms with Gasteiger partial charge in [0, 0.05) is 6.20 Å². The summed E-state index contributed by atoms with van der Waals surface area (Å²) in [6, 6.07) is 3.36. The highest BCUT2D eigenvalue weighted by Crippen LogP contribution is 2.13. The Bertz CT molecular complexity index is 463. The van der Waals surface area contributed by atoms with Gasteiger partial charge in [-0.3, -0.25) is 9.78 Å². The summed E-state index contributed by atoms with van der Waals surface area (Å²) in [5, 5.41) is 3.02. The number of carbonyl (C=O) groups is 2. The molecule has 0 saturated heterocycles. The van der Waals surface area contributed by atoms with E-state index in [1.165, 1.54) is 13.8 Å². The molecule has 1 rings (SSSR count). The van der Waals surface area contributed by atoms with Crippen LogP contribution in [0.15, 0.2) is 18.3 Å². The minimum Gasteiger partial charge on any atom is -0.434 e. The number of pyridine rings is 1. The van der Waals surface area contributed by atoms with E-state index >= 15 is 0 Å². The molecule has 0 aromatic carbocycles.